The van der Waals surface area contributed by atoms with E-state index < -0.39 is 0 Å². The largest absolute Gasteiger partial charge is 0.496 e. The third-order valence-electron chi connectivity index (χ3n) is 6.90. The SMILES string of the molecule is COc1ccc2ccccc2c1CN1C[C@H](n2cnnn2)C[C@H]1C(=O)N1CCCCCC1. The summed E-state index contributed by atoms with van der Waals surface area (Å²) in [6.07, 6.45) is 6.96. The lowest BCUT2D eigenvalue weighted by Crippen LogP contribution is -2.45. The summed E-state index contributed by atoms with van der Waals surface area (Å²) in [5, 5.41) is 14.1. The van der Waals surface area contributed by atoms with Crippen molar-refractivity contribution in [2.45, 2.75) is 50.7 Å². The lowest BCUT2D eigenvalue weighted by atomic mass is 10.0. The minimum absolute atomic E-state index is 0.0758. The lowest BCUT2D eigenvalue weighted by Gasteiger charge is -2.30. The van der Waals surface area contributed by atoms with Crippen LogP contribution in [0.15, 0.2) is 42.7 Å². The summed E-state index contributed by atoms with van der Waals surface area (Å²) in [7, 11) is 1.71. The van der Waals surface area contributed by atoms with Crippen molar-refractivity contribution in [1.82, 2.24) is 30.0 Å². The Morgan fingerprint density at radius 3 is 2.66 bits per heavy atom. The van der Waals surface area contributed by atoms with Gasteiger partial charge >= 0.3 is 0 Å². The monoisotopic (exact) mass is 434 g/mol. The van der Waals surface area contributed by atoms with Gasteiger partial charge in [-0.05, 0) is 46.5 Å². The van der Waals surface area contributed by atoms with Crippen molar-refractivity contribution in [2.75, 3.05) is 26.7 Å². The predicted molar refractivity (Wildman–Crippen MR) is 121 cm³/mol. The highest BCUT2D eigenvalue weighted by molar-refractivity contribution is 5.88. The molecule has 168 valence electrons. The number of hydrogen-bond donors (Lipinski definition) is 0. The molecule has 8 heteroatoms. The maximum Gasteiger partial charge on any atom is 0.240 e. The quantitative estimate of drug-likeness (QED) is 0.614. The standard InChI is InChI=1S/C24H30N6O2/c1-32-23-11-10-18-8-4-5-9-20(18)21(23)16-29-15-19(30-17-25-26-27-30)14-22(29)24(31)28-12-6-2-3-7-13-28/h4-5,8-11,17,19,22H,2-3,6-7,12-16H2,1H3/t19-,22+/m1/s1. The van der Waals surface area contributed by atoms with E-state index in [-0.39, 0.29) is 18.0 Å². The number of ether oxygens (including phenoxy) is 1. The summed E-state index contributed by atoms with van der Waals surface area (Å²) >= 11 is 0. The molecule has 0 unspecified atom stereocenters. The van der Waals surface area contributed by atoms with E-state index in [4.69, 9.17) is 4.74 Å². The van der Waals surface area contributed by atoms with Crippen molar-refractivity contribution in [3.05, 3.63) is 48.3 Å². The topological polar surface area (TPSA) is 76.4 Å². The number of benzene rings is 2. The van der Waals surface area contributed by atoms with Gasteiger partial charge in [0.15, 0.2) is 0 Å². The Bertz CT molecular complexity index is 1060. The highest BCUT2D eigenvalue weighted by Crippen LogP contribution is 2.34. The Labute approximate surface area is 188 Å². The molecule has 0 aliphatic carbocycles. The summed E-state index contributed by atoms with van der Waals surface area (Å²) in [5.74, 6) is 1.09. The molecule has 2 aliphatic rings. The number of rotatable bonds is 5. The van der Waals surface area contributed by atoms with E-state index in [1.807, 2.05) is 12.1 Å². The number of fused-ring (bicyclic) bond motifs is 1. The fourth-order valence-corrected chi connectivity index (χ4v) is 5.21. The van der Waals surface area contributed by atoms with Crippen LogP contribution in [0.3, 0.4) is 0 Å². The number of hydrogen-bond acceptors (Lipinski definition) is 6. The van der Waals surface area contributed by atoms with Crippen LogP contribution >= 0.6 is 0 Å². The van der Waals surface area contributed by atoms with E-state index in [2.05, 4.69) is 49.6 Å². The van der Waals surface area contributed by atoms with Crippen molar-refractivity contribution < 1.29 is 9.53 Å². The highest BCUT2D eigenvalue weighted by Gasteiger charge is 2.40. The lowest BCUT2D eigenvalue weighted by molar-refractivity contribution is -0.136. The van der Waals surface area contributed by atoms with Crippen molar-refractivity contribution in [1.29, 1.82) is 0 Å². The zero-order chi connectivity index (χ0) is 21.9. The van der Waals surface area contributed by atoms with Crippen molar-refractivity contribution in [3.8, 4) is 5.75 Å². The second-order valence-electron chi connectivity index (χ2n) is 8.83. The van der Waals surface area contributed by atoms with E-state index >= 15 is 0 Å². The number of amides is 1. The van der Waals surface area contributed by atoms with Gasteiger partial charge in [0.25, 0.3) is 0 Å². The molecule has 0 saturated carbocycles. The van der Waals surface area contributed by atoms with Crippen LogP contribution in [0.1, 0.15) is 43.7 Å². The maximum atomic E-state index is 13.7. The minimum Gasteiger partial charge on any atom is -0.496 e. The number of carbonyl (C=O) groups is 1. The van der Waals surface area contributed by atoms with Crippen LogP contribution in [0.25, 0.3) is 10.8 Å². The fourth-order valence-electron chi connectivity index (χ4n) is 5.21. The fraction of sp³-hybridized carbons (Fsp3) is 0.500. The van der Waals surface area contributed by atoms with Crippen molar-refractivity contribution >= 4 is 16.7 Å². The van der Waals surface area contributed by atoms with E-state index in [0.717, 1.165) is 43.8 Å². The summed E-state index contributed by atoms with van der Waals surface area (Å²) in [4.78, 5) is 18.1. The Kier molecular flexibility index (Phi) is 6.03. The van der Waals surface area contributed by atoms with Crippen LogP contribution in [0, 0.1) is 0 Å². The van der Waals surface area contributed by atoms with Crippen LogP contribution in [0.5, 0.6) is 5.75 Å². The molecular weight excluding hydrogens is 404 g/mol. The predicted octanol–water partition coefficient (Wildman–Crippen LogP) is 3.05. The van der Waals surface area contributed by atoms with Gasteiger partial charge in [-0.25, -0.2) is 4.68 Å². The van der Waals surface area contributed by atoms with E-state index in [1.54, 1.807) is 18.1 Å². The summed E-state index contributed by atoms with van der Waals surface area (Å²) in [6.45, 7) is 3.09. The molecule has 2 fully saturated rings. The summed E-state index contributed by atoms with van der Waals surface area (Å²) in [5.41, 5.74) is 1.12. The van der Waals surface area contributed by atoms with Crippen molar-refractivity contribution in [2.24, 2.45) is 0 Å². The Morgan fingerprint density at radius 1 is 1.09 bits per heavy atom. The summed E-state index contributed by atoms with van der Waals surface area (Å²) < 4.78 is 7.53. The molecular formula is C24H30N6O2. The third-order valence-corrected chi connectivity index (χ3v) is 6.90. The number of tetrazole rings is 1. The van der Waals surface area contributed by atoms with Gasteiger partial charge in [0.2, 0.25) is 5.91 Å². The second-order valence-corrected chi connectivity index (χ2v) is 8.83. The third kappa shape index (κ3) is 4.07. The maximum absolute atomic E-state index is 13.7. The first-order chi connectivity index (χ1) is 15.7. The van der Waals surface area contributed by atoms with Crippen LogP contribution in [-0.2, 0) is 11.3 Å². The minimum atomic E-state index is -0.189. The van der Waals surface area contributed by atoms with Gasteiger partial charge in [-0.3, -0.25) is 9.69 Å². The summed E-state index contributed by atoms with van der Waals surface area (Å²) in [6, 6.07) is 12.4. The molecule has 0 N–H and O–H groups in total. The molecule has 8 nitrogen and oxygen atoms in total. The van der Waals surface area contributed by atoms with Crippen molar-refractivity contribution in [3.63, 3.8) is 0 Å². The number of nitrogens with zero attached hydrogens (tertiary/aromatic N) is 6. The van der Waals surface area contributed by atoms with Crippen LogP contribution in [0.4, 0.5) is 0 Å². The first-order valence-corrected chi connectivity index (χ1v) is 11.5. The van der Waals surface area contributed by atoms with E-state index in [9.17, 15) is 4.79 Å². The molecule has 5 rings (SSSR count). The number of carbonyl (C=O) groups excluding carboxylic acids is 1. The second kappa shape index (κ2) is 9.24. The average Bonchev–Trinajstić information content (AvgIpc) is 3.42. The first kappa shape index (κ1) is 20.9. The van der Waals surface area contributed by atoms with Crippen LogP contribution < -0.4 is 4.74 Å². The molecule has 3 aromatic rings. The van der Waals surface area contributed by atoms with Gasteiger partial charge < -0.3 is 9.64 Å². The molecule has 1 amide bonds. The number of methoxy groups -OCH3 is 1. The zero-order valence-corrected chi connectivity index (χ0v) is 18.6. The molecule has 0 spiro atoms. The molecule has 0 radical (unpaired) electrons. The Hall–Kier alpha value is -3.00. The van der Waals surface area contributed by atoms with E-state index in [1.165, 1.54) is 23.6 Å². The molecule has 3 heterocycles. The first-order valence-electron chi connectivity index (χ1n) is 11.5. The van der Waals surface area contributed by atoms with E-state index in [0.29, 0.717) is 13.0 Å². The number of likely N-dealkylation sites (tertiary alicyclic amines) is 2. The average molecular weight is 435 g/mol. The molecule has 1 aromatic heterocycles. The van der Waals surface area contributed by atoms with Gasteiger partial charge in [0.1, 0.15) is 12.1 Å². The number of aromatic nitrogens is 4. The molecule has 2 saturated heterocycles. The van der Waals surface area contributed by atoms with Gasteiger partial charge in [0.05, 0.1) is 19.2 Å². The zero-order valence-electron chi connectivity index (χ0n) is 18.6. The molecule has 2 atom stereocenters. The molecule has 32 heavy (non-hydrogen) atoms. The smallest absolute Gasteiger partial charge is 0.240 e. The van der Waals surface area contributed by atoms with Gasteiger partial charge in [0, 0.05) is 31.7 Å². The normalized spacial score (nSPS) is 22.2. The molecule has 0 bridgehead atoms. The van der Waals surface area contributed by atoms with Crippen LogP contribution in [-0.4, -0.2) is 68.7 Å². The molecule has 2 aromatic carbocycles. The van der Waals surface area contributed by atoms with Gasteiger partial charge in [-0.1, -0.05) is 43.2 Å². The Balaban J connectivity index is 1.47. The van der Waals surface area contributed by atoms with Gasteiger partial charge in [-0.15, -0.1) is 5.10 Å². The van der Waals surface area contributed by atoms with Crippen LogP contribution in [0.2, 0.25) is 0 Å². The Morgan fingerprint density at radius 2 is 1.91 bits per heavy atom. The molecule has 2 aliphatic heterocycles. The van der Waals surface area contributed by atoms with Gasteiger partial charge in [-0.2, -0.15) is 0 Å². The highest BCUT2D eigenvalue weighted by atomic mass is 16.5.